The largest absolute Gasteiger partial charge is 0.466 e. The van der Waals surface area contributed by atoms with E-state index >= 15 is 0 Å². The molecule has 0 spiro atoms. The molecule has 1 aromatic carbocycles. The number of nitro benzene ring substituents is 1. The summed E-state index contributed by atoms with van der Waals surface area (Å²) in [6.45, 7) is -0.508. The van der Waals surface area contributed by atoms with Crippen molar-refractivity contribution in [1.29, 1.82) is 0 Å². The number of anilines is 1. The minimum absolute atomic E-state index is 0.0578. The summed E-state index contributed by atoms with van der Waals surface area (Å²) in [5.74, 6) is -2.74. The molecule has 0 radical (unpaired) electrons. The Morgan fingerprint density at radius 1 is 1.07 bits per heavy atom. The summed E-state index contributed by atoms with van der Waals surface area (Å²) in [6.07, 6.45) is 0. The van der Waals surface area contributed by atoms with Crippen LogP contribution in [0.1, 0.15) is 10.4 Å². The summed E-state index contributed by atoms with van der Waals surface area (Å²) in [6, 6.07) is 3.79. The Labute approximate surface area is 153 Å². The van der Waals surface area contributed by atoms with E-state index in [1.807, 2.05) is 0 Å². The number of ether oxygens (including phenoxy) is 4. The highest BCUT2D eigenvalue weighted by Crippen LogP contribution is 2.34. The molecular weight excluding hydrogens is 364 g/mol. The molecule has 0 amide bonds. The molecule has 1 heterocycles. The Morgan fingerprint density at radius 2 is 1.70 bits per heavy atom. The highest BCUT2D eigenvalue weighted by Gasteiger charge is 2.36. The topological polar surface area (TPSA) is 135 Å². The van der Waals surface area contributed by atoms with Crippen LogP contribution in [0.25, 0.3) is 0 Å². The van der Waals surface area contributed by atoms with Gasteiger partial charge in [0.1, 0.15) is 12.4 Å². The predicted octanol–water partition coefficient (Wildman–Crippen LogP) is 0.776. The van der Waals surface area contributed by atoms with Gasteiger partial charge in [-0.25, -0.2) is 14.4 Å². The summed E-state index contributed by atoms with van der Waals surface area (Å²) in [7, 11) is 3.29. The smallest absolute Gasteiger partial charge is 0.355 e. The van der Waals surface area contributed by atoms with Crippen LogP contribution in [-0.2, 0) is 28.5 Å². The van der Waals surface area contributed by atoms with Crippen LogP contribution >= 0.6 is 0 Å². The van der Waals surface area contributed by atoms with Gasteiger partial charge in [0.05, 0.1) is 44.1 Å². The molecule has 0 unspecified atom stereocenters. The van der Waals surface area contributed by atoms with Gasteiger partial charge in [-0.3, -0.25) is 10.1 Å². The second-order valence-electron chi connectivity index (χ2n) is 5.14. The fourth-order valence-electron chi connectivity index (χ4n) is 2.55. The molecule has 2 rings (SSSR count). The number of carbonyl (C=O) groups is 3. The van der Waals surface area contributed by atoms with Gasteiger partial charge in [-0.1, -0.05) is 6.07 Å². The van der Waals surface area contributed by atoms with Gasteiger partial charge in [0, 0.05) is 6.07 Å². The molecule has 27 heavy (non-hydrogen) atoms. The van der Waals surface area contributed by atoms with E-state index in [0.717, 1.165) is 32.3 Å². The minimum atomic E-state index is -0.994. The third-order valence-electron chi connectivity index (χ3n) is 3.73. The molecule has 1 aliphatic rings. The van der Waals surface area contributed by atoms with Crippen molar-refractivity contribution in [2.75, 3.05) is 39.6 Å². The Bertz CT molecular complexity index is 831. The van der Waals surface area contributed by atoms with E-state index in [1.165, 1.54) is 12.1 Å². The number of hydrogen-bond donors (Lipinski definition) is 0. The summed E-state index contributed by atoms with van der Waals surface area (Å²) in [5, 5.41) is 11.3. The Kier molecular flexibility index (Phi) is 6.08. The number of nitro groups is 1. The molecule has 0 aromatic heterocycles. The lowest BCUT2D eigenvalue weighted by atomic mass is 10.1. The van der Waals surface area contributed by atoms with Gasteiger partial charge in [-0.15, -0.1) is 0 Å². The monoisotopic (exact) mass is 380 g/mol. The van der Waals surface area contributed by atoms with E-state index in [4.69, 9.17) is 9.47 Å². The standard InChI is InChI=1S/C16H16N2O9/c1-24-14(19)9-7-27-8-17(13(9)16(21)26-3)10-5-4-6-11(18(22)23)12(10)15(20)25-2/h4-6H,7-8H2,1-3H3. The van der Waals surface area contributed by atoms with Gasteiger partial charge < -0.3 is 23.8 Å². The second kappa shape index (κ2) is 8.27. The van der Waals surface area contributed by atoms with Crippen molar-refractivity contribution in [3.05, 3.63) is 45.1 Å². The van der Waals surface area contributed by atoms with Crippen LogP contribution in [0.15, 0.2) is 29.5 Å². The van der Waals surface area contributed by atoms with Crippen molar-refractivity contribution >= 4 is 29.3 Å². The highest BCUT2D eigenvalue weighted by atomic mass is 16.6. The number of methoxy groups -OCH3 is 3. The van der Waals surface area contributed by atoms with Gasteiger partial charge in [0.2, 0.25) is 0 Å². The van der Waals surface area contributed by atoms with Crippen molar-refractivity contribution in [3.63, 3.8) is 0 Å². The zero-order valence-electron chi connectivity index (χ0n) is 14.7. The highest BCUT2D eigenvalue weighted by molar-refractivity contribution is 6.06. The SMILES string of the molecule is COC(=O)C1=C(C(=O)OC)N(c2cccc([N+](=O)[O-])c2C(=O)OC)COC1. The molecule has 0 saturated carbocycles. The lowest BCUT2D eigenvalue weighted by Gasteiger charge is -2.32. The summed E-state index contributed by atoms with van der Waals surface area (Å²) in [4.78, 5) is 48.3. The van der Waals surface area contributed by atoms with E-state index in [1.54, 1.807) is 0 Å². The zero-order chi connectivity index (χ0) is 20.1. The van der Waals surface area contributed by atoms with Crippen molar-refractivity contribution in [2.45, 2.75) is 0 Å². The van der Waals surface area contributed by atoms with Crippen LogP contribution in [0.5, 0.6) is 0 Å². The summed E-state index contributed by atoms with van der Waals surface area (Å²) < 4.78 is 19.3. The molecular formula is C16H16N2O9. The maximum atomic E-state index is 12.3. The Morgan fingerprint density at radius 3 is 2.26 bits per heavy atom. The molecule has 0 N–H and O–H groups in total. The van der Waals surface area contributed by atoms with E-state index in [0.29, 0.717) is 0 Å². The molecule has 1 aliphatic heterocycles. The summed E-state index contributed by atoms with van der Waals surface area (Å²) in [5.41, 5.74) is -1.40. The normalized spacial score (nSPS) is 13.8. The van der Waals surface area contributed by atoms with E-state index < -0.39 is 34.1 Å². The van der Waals surface area contributed by atoms with Crippen LogP contribution in [0.4, 0.5) is 11.4 Å². The van der Waals surface area contributed by atoms with Gasteiger partial charge >= 0.3 is 17.9 Å². The molecule has 0 saturated heterocycles. The first-order valence-corrected chi connectivity index (χ1v) is 7.48. The maximum Gasteiger partial charge on any atom is 0.355 e. The number of hydrogen-bond acceptors (Lipinski definition) is 10. The van der Waals surface area contributed by atoms with Gasteiger partial charge in [-0.05, 0) is 6.07 Å². The number of nitrogens with zero attached hydrogens (tertiary/aromatic N) is 2. The van der Waals surface area contributed by atoms with Crippen LogP contribution in [-0.4, -0.2) is 57.5 Å². The van der Waals surface area contributed by atoms with Crippen LogP contribution in [0, 0.1) is 10.1 Å². The zero-order valence-corrected chi connectivity index (χ0v) is 14.7. The second-order valence-corrected chi connectivity index (χ2v) is 5.14. The Hall–Kier alpha value is -3.47. The van der Waals surface area contributed by atoms with E-state index in [2.05, 4.69) is 9.47 Å². The van der Waals surface area contributed by atoms with Crippen molar-refractivity contribution in [2.24, 2.45) is 0 Å². The number of esters is 3. The van der Waals surface area contributed by atoms with Crippen molar-refractivity contribution in [1.82, 2.24) is 0 Å². The lowest BCUT2D eigenvalue weighted by molar-refractivity contribution is -0.385. The Balaban J connectivity index is 2.77. The van der Waals surface area contributed by atoms with Crippen molar-refractivity contribution < 1.29 is 38.3 Å². The number of rotatable bonds is 5. The predicted molar refractivity (Wildman–Crippen MR) is 88.8 cm³/mol. The third kappa shape index (κ3) is 3.72. The van der Waals surface area contributed by atoms with Gasteiger partial charge in [0.15, 0.2) is 5.56 Å². The minimum Gasteiger partial charge on any atom is -0.466 e. The van der Waals surface area contributed by atoms with E-state index in [9.17, 15) is 24.5 Å². The fourth-order valence-corrected chi connectivity index (χ4v) is 2.55. The lowest BCUT2D eigenvalue weighted by Crippen LogP contribution is -2.39. The molecule has 0 atom stereocenters. The first-order valence-electron chi connectivity index (χ1n) is 7.48. The molecule has 1 aromatic rings. The quantitative estimate of drug-likeness (QED) is 0.312. The summed E-state index contributed by atoms with van der Waals surface area (Å²) >= 11 is 0. The number of carbonyl (C=O) groups excluding carboxylic acids is 3. The maximum absolute atomic E-state index is 12.3. The molecule has 11 heteroatoms. The van der Waals surface area contributed by atoms with Crippen LogP contribution < -0.4 is 4.90 Å². The molecule has 11 nitrogen and oxygen atoms in total. The van der Waals surface area contributed by atoms with E-state index in [-0.39, 0.29) is 30.3 Å². The van der Waals surface area contributed by atoms with Gasteiger partial charge in [-0.2, -0.15) is 0 Å². The van der Waals surface area contributed by atoms with Crippen LogP contribution in [0.2, 0.25) is 0 Å². The first kappa shape index (κ1) is 19.8. The molecule has 144 valence electrons. The molecule has 0 aliphatic carbocycles. The average molecular weight is 380 g/mol. The number of benzene rings is 1. The molecule has 0 fully saturated rings. The first-order chi connectivity index (χ1) is 12.9. The van der Waals surface area contributed by atoms with Gasteiger partial charge in [0.25, 0.3) is 5.69 Å². The average Bonchev–Trinajstić information content (AvgIpc) is 2.70. The fraction of sp³-hybridized carbons (Fsp3) is 0.312. The van der Waals surface area contributed by atoms with Crippen molar-refractivity contribution in [3.8, 4) is 0 Å². The third-order valence-corrected chi connectivity index (χ3v) is 3.73. The molecule has 0 bridgehead atoms. The van der Waals surface area contributed by atoms with Crippen LogP contribution in [0.3, 0.4) is 0 Å².